The van der Waals surface area contributed by atoms with Gasteiger partial charge in [0, 0.05) is 62.1 Å². The van der Waals surface area contributed by atoms with Crippen molar-refractivity contribution in [3.63, 3.8) is 0 Å². The monoisotopic (exact) mass is 567 g/mol. The second-order valence-corrected chi connectivity index (χ2v) is 11.9. The first-order valence-electron chi connectivity index (χ1n) is 14.1. The maximum absolute atomic E-state index is 13.1. The highest BCUT2D eigenvalue weighted by Gasteiger charge is 2.25. The molecule has 0 saturated carbocycles. The number of aromatic nitrogens is 4. The van der Waals surface area contributed by atoms with E-state index in [2.05, 4.69) is 49.6 Å². The minimum Gasteiger partial charge on any atom is -0.368 e. The number of likely N-dealkylation sites (N-methyl/N-ethyl adjacent to an activating group) is 1. The van der Waals surface area contributed by atoms with E-state index in [4.69, 9.17) is 9.97 Å². The summed E-state index contributed by atoms with van der Waals surface area (Å²) in [6.07, 6.45) is 5.61. The number of thiophene rings is 1. The Morgan fingerprint density at radius 1 is 1.00 bits per heavy atom. The summed E-state index contributed by atoms with van der Waals surface area (Å²) in [5.41, 5.74) is 1.90. The van der Waals surface area contributed by atoms with Crippen LogP contribution < -0.4 is 20.4 Å². The molecule has 5 aromatic rings. The SMILES string of the molecule is CN1CCN(c2ccc(Nc3cc(N4CCCC(NC(=O)c5cc6ccccc6s5)C4)nc4ccnn34)nc2)CC1. The maximum Gasteiger partial charge on any atom is 0.261 e. The number of piperidine rings is 1. The largest absolute Gasteiger partial charge is 0.368 e. The standard InChI is InChI=1S/C30H33N9OS/c1-36-13-15-37(16-14-36)23-8-9-26(31-19-23)34-29-18-28(35-27-10-11-32-39(27)29)38-12-4-6-22(20-38)33-30(40)25-17-21-5-2-3-7-24(21)41-25/h2-3,5,7-11,17-19,22H,4,6,12-16,20H2,1H3,(H,31,34)(H,33,40). The number of pyridine rings is 1. The predicted octanol–water partition coefficient (Wildman–Crippen LogP) is 4.23. The van der Waals surface area contributed by atoms with Crippen LogP contribution in [-0.4, -0.2) is 82.7 Å². The Balaban J connectivity index is 1.06. The molecule has 0 spiro atoms. The van der Waals surface area contributed by atoms with Crippen molar-refractivity contribution in [2.75, 3.05) is 61.4 Å². The van der Waals surface area contributed by atoms with E-state index in [1.807, 2.05) is 48.7 Å². The summed E-state index contributed by atoms with van der Waals surface area (Å²) in [6.45, 7) is 5.71. The molecule has 2 N–H and O–H groups in total. The Bertz CT molecular complexity index is 1640. The molecule has 4 aromatic heterocycles. The highest BCUT2D eigenvalue weighted by Crippen LogP contribution is 2.27. The first-order chi connectivity index (χ1) is 20.1. The molecule has 41 heavy (non-hydrogen) atoms. The van der Waals surface area contributed by atoms with Crippen LogP contribution in [-0.2, 0) is 0 Å². The molecule has 1 unspecified atom stereocenters. The van der Waals surface area contributed by atoms with Gasteiger partial charge in [-0.25, -0.2) is 9.97 Å². The third-order valence-corrected chi connectivity index (χ3v) is 9.06. The van der Waals surface area contributed by atoms with Gasteiger partial charge in [0.15, 0.2) is 5.65 Å². The van der Waals surface area contributed by atoms with E-state index in [0.717, 1.165) is 89.3 Å². The van der Waals surface area contributed by atoms with Gasteiger partial charge in [-0.3, -0.25) is 4.79 Å². The molecule has 1 amide bonds. The van der Waals surface area contributed by atoms with E-state index in [9.17, 15) is 4.79 Å². The van der Waals surface area contributed by atoms with Crippen LogP contribution >= 0.6 is 11.3 Å². The van der Waals surface area contributed by atoms with Gasteiger partial charge in [0.25, 0.3) is 5.91 Å². The van der Waals surface area contributed by atoms with Crippen LogP contribution in [0.1, 0.15) is 22.5 Å². The zero-order valence-electron chi connectivity index (χ0n) is 23.0. The average molecular weight is 568 g/mol. The minimum absolute atomic E-state index is 0.00861. The van der Waals surface area contributed by atoms with Crippen molar-refractivity contribution < 1.29 is 4.79 Å². The molecule has 2 aliphatic rings. The first-order valence-corrected chi connectivity index (χ1v) is 15.0. The fourth-order valence-corrected chi connectivity index (χ4v) is 6.61. The number of anilines is 4. The van der Waals surface area contributed by atoms with Gasteiger partial charge in [-0.2, -0.15) is 9.61 Å². The first kappa shape index (κ1) is 25.7. The van der Waals surface area contributed by atoms with Crippen molar-refractivity contribution in [1.29, 1.82) is 0 Å². The number of piperazine rings is 1. The van der Waals surface area contributed by atoms with E-state index < -0.39 is 0 Å². The lowest BCUT2D eigenvalue weighted by Gasteiger charge is -2.34. The number of rotatable bonds is 6. The molecule has 0 aliphatic carbocycles. The molecule has 7 rings (SSSR count). The van der Waals surface area contributed by atoms with Crippen molar-refractivity contribution in [3.05, 3.63) is 71.9 Å². The number of hydrogen-bond donors (Lipinski definition) is 2. The second-order valence-electron chi connectivity index (χ2n) is 10.8. The molecule has 2 aliphatic heterocycles. The van der Waals surface area contributed by atoms with E-state index in [1.165, 1.54) is 11.3 Å². The van der Waals surface area contributed by atoms with E-state index >= 15 is 0 Å². The molecular formula is C30H33N9OS. The Labute approximate surface area is 242 Å². The zero-order valence-corrected chi connectivity index (χ0v) is 23.8. The topological polar surface area (TPSA) is 93.9 Å². The summed E-state index contributed by atoms with van der Waals surface area (Å²) in [6, 6.07) is 18.2. The van der Waals surface area contributed by atoms with Gasteiger partial charge in [0.1, 0.15) is 17.5 Å². The van der Waals surface area contributed by atoms with Gasteiger partial charge < -0.3 is 25.3 Å². The molecule has 210 valence electrons. The van der Waals surface area contributed by atoms with Crippen molar-refractivity contribution in [3.8, 4) is 0 Å². The summed E-state index contributed by atoms with van der Waals surface area (Å²) in [5, 5.41) is 12.3. The molecule has 0 radical (unpaired) electrons. The summed E-state index contributed by atoms with van der Waals surface area (Å²) in [7, 11) is 2.16. The van der Waals surface area contributed by atoms with Crippen LogP contribution in [0.15, 0.2) is 67.0 Å². The Morgan fingerprint density at radius 2 is 1.88 bits per heavy atom. The van der Waals surface area contributed by atoms with Crippen molar-refractivity contribution in [2.45, 2.75) is 18.9 Å². The van der Waals surface area contributed by atoms with E-state index in [0.29, 0.717) is 6.54 Å². The van der Waals surface area contributed by atoms with Gasteiger partial charge in [0.05, 0.1) is 23.0 Å². The lowest BCUT2D eigenvalue weighted by Crippen LogP contribution is -2.48. The number of nitrogens with zero attached hydrogens (tertiary/aromatic N) is 7. The molecule has 2 saturated heterocycles. The quantitative estimate of drug-likeness (QED) is 0.315. The number of nitrogens with one attached hydrogen (secondary N) is 2. The molecule has 2 fully saturated rings. The lowest BCUT2D eigenvalue weighted by molar-refractivity contribution is 0.0937. The molecular weight excluding hydrogens is 534 g/mol. The van der Waals surface area contributed by atoms with Crippen LogP contribution in [0.2, 0.25) is 0 Å². The van der Waals surface area contributed by atoms with Crippen molar-refractivity contribution in [1.82, 2.24) is 29.8 Å². The number of carbonyl (C=O) groups excluding carboxylic acids is 1. The van der Waals surface area contributed by atoms with Crippen LogP contribution in [0, 0.1) is 0 Å². The molecule has 0 bridgehead atoms. The highest BCUT2D eigenvalue weighted by molar-refractivity contribution is 7.20. The van der Waals surface area contributed by atoms with Gasteiger partial charge in [-0.1, -0.05) is 18.2 Å². The highest BCUT2D eigenvalue weighted by atomic mass is 32.1. The Hall–Kier alpha value is -4.22. The van der Waals surface area contributed by atoms with Crippen LogP contribution in [0.4, 0.5) is 23.1 Å². The summed E-state index contributed by atoms with van der Waals surface area (Å²) >= 11 is 1.54. The van der Waals surface area contributed by atoms with Gasteiger partial charge in [0.2, 0.25) is 0 Å². The van der Waals surface area contributed by atoms with Gasteiger partial charge in [-0.05, 0) is 49.5 Å². The van der Waals surface area contributed by atoms with Crippen LogP contribution in [0.25, 0.3) is 15.7 Å². The number of amides is 1. The summed E-state index contributed by atoms with van der Waals surface area (Å²) < 4.78 is 2.93. The fraction of sp³-hybridized carbons (Fsp3) is 0.333. The smallest absolute Gasteiger partial charge is 0.261 e. The normalized spacial score (nSPS) is 18.2. The van der Waals surface area contributed by atoms with E-state index in [1.54, 1.807) is 10.7 Å². The molecule has 1 aromatic carbocycles. The fourth-order valence-electron chi connectivity index (χ4n) is 5.65. The number of benzene rings is 1. The summed E-state index contributed by atoms with van der Waals surface area (Å²) in [4.78, 5) is 30.4. The molecule has 1 atom stereocenters. The number of fused-ring (bicyclic) bond motifs is 2. The Morgan fingerprint density at radius 3 is 2.71 bits per heavy atom. The second kappa shape index (κ2) is 11.0. The van der Waals surface area contributed by atoms with Crippen LogP contribution in [0.5, 0.6) is 0 Å². The molecule has 11 heteroatoms. The third kappa shape index (κ3) is 5.42. The van der Waals surface area contributed by atoms with Crippen molar-refractivity contribution >= 4 is 56.1 Å². The molecule has 10 nitrogen and oxygen atoms in total. The Kier molecular flexibility index (Phi) is 6.89. The van der Waals surface area contributed by atoms with Gasteiger partial charge in [-0.15, -0.1) is 11.3 Å². The molecule has 6 heterocycles. The van der Waals surface area contributed by atoms with Crippen LogP contribution in [0.3, 0.4) is 0 Å². The predicted molar refractivity (Wildman–Crippen MR) is 165 cm³/mol. The average Bonchev–Trinajstić information content (AvgIpc) is 3.66. The number of carbonyl (C=O) groups is 1. The summed E-state index contributed by atoms with van der Waals surface area (Å²) in [5.74, 6) is 2.40. The van der Waals surface area contributed by atoms with Crippen molar-refractivity contribution in [2.24, 2.45) is 0 Å². The van der Waals surface area contributed by atoms with Gasteiger partial charge >= 0.3 is 0 Å². The minimum atomic E-state index is -0.00861. The zero-order chi connectivity index (χ0) is 27.8. The maximum atomic E-state index is 13.1. The number of hydrogen-bond acceptors (Lipinski definition) is 9. The third-order valence-electron chi connectivity index (χ3n) is 7.95. The van der Waals surface area contributed by atoms with E-state index in [-0.39, 0.29) is 11.9 Å². The lowest BCUT2D eigenvalue weighted by atomic mass is 10.1.